The summed E-state index contributed by atoms with van der Waals surface area (Å²) in [5, 5.41) is 10.7. The van der Waals surface area contributed by atoms with Gasteiger partial charge in [-0.3, -0.25) is 0 Å². The molecule has 118 valence electrons. The molecule has 1 fully saturated rings. The number of piperidine rings is 1. The Morgan fingerprint density at radius 3 is 2.76 bits per heavy atom. The minimum absolute atomic E-state index is 0.318. The van der Waals surface area contributed by atoms with Crippen LogP contribution in [0.3, 0.4) is 0 Å². The first kappa shape index (κ1) is 16.5. The third kappa shape index (κ3) is 4.80. The largest absolute Gasteiger partial charge is 0.389 e. The van der Waals surface area contributed by atoms with Gasteiger partial charge in [-0.15, -0.1) is 0 Å². The van der Waals surface area contributed by atoms with Crippen LogP contribution in [0.25, 0.3) is 0 Å². The summed E-state index contributed by atoms with van der Waals surface area (Å²) >= 11 is 0. The van der Waals surface area contributed by atoms with Crippen LogP contribution in [0.2, 0.25) is 0 Å². The van der Waals surface area contributed by atoms with E-state index in [9.17, 15) is 5.11 Å². The van der Waals surface area contributed by atoms with Crippen molar-refractivity contribution >= 4 is 0 Å². The zero-order valence-corrected chi connectivity index (χ0v) is 13.4. The molecule has 1 aliphatic rings. The molecule has 2 atom stereocenters. The van der Waals surface area contributed by atoms with Gasteiger partial charge >= 0.3 is 0 Å². The van der Waals surface area contributed by atoms with Crippen molar-refractivity contribution in [2.24, 2.45) is 5.92 Å². The summed E-state index contributed by atoms with van der Waals surface area (Å²) in [4.78, 5) is 2.49. The molecule has 2 rings (SSSR count). The first-order chi connectivity index (χ1) is 10.1. The number of likely N-dealkylation sites (tertiary alicyclic amines) is 1. The minimum Gasteiger partial charge on any atom is -0.389 e. The van der Waals surface area contributed by atoms with Gasteiger partial charge in [-0.2, -0.15) is 0 Å². The molecule has 1 aromatic rings. The van der Waals surface area contributed by atoms with Crippen molar-refractivity contribution in [2.75, 3.05) is 33.4 Å². The molecule has 0 amide bonds. The summed E-state index contributed by atoms with van der Waals surface area (Å²) in [6, 6.07) is 10.7. The second-order valence-electron chi connectivity index (χ2n) is 6.39. The molecule has 1 N–H and O–H groups in total. The van der Waals surface area contributed by atoms with E-state index in [2.05, 4.69) is 42.2 Å². The normalized spacial score (nSPS) is 26.9. The molecule has 1 aliphatic heterocycles. The summed E-state index contributed by atoms with van der Waals surface area (Å²) in [5.74, 6) is 0.318. The van der Waals surface area contributed by atoms with Gasteiger partial charge in [0, 0.05) is 26.8 Å². The Bertz CT molecular complexity index is 409. The van der Waals surface area contributed by atoms with Crippen molar-refractivity contribution in [2.45, 2.75) is 38.2 Å². The smallest absolute Gasteiger partial charge is 0.0719 e. The Kier molecular flexibility index (Phi) is 6.22. The van der Waals surface area contributed by atoms with Gasteiger partial charge in [-0.25, -0.2) is 0 Å². The highest BCUT2D eigenvalue weighted by molar-refractivity contribution is 5.14. The van der Waals surface area contributed by atoms with E-state index in [4.69, 9.17) is 4.74 Å². The lowest BCUT2D eigenvalue weighted by Crippen LogP contribution is -2.51. The third-order valence-corrected chi connectivity index (χ3v) is 4.83. The molecule has 0 bridgehead atoms. The average Bonchev–Trinajstić information content (AvgIpc) is 2.50. The summed E-state index contributed by atoms with van der Waals surface area (Å²) < 4.78 is 5.13. The highest BCUT2D eigenvalue weighted by atomic mass is 16.5. The highest BCUT2D eigenvalue weighted by Gasteiger charge is 2.38. The van der Waals surface area contributed by atoms with E-state index >= 15 is 0 Å². The van der Waals surface area contributed by atoms with Crippen molar-refractivity contribution in [3.63, 3.8) is 0 Å². The van der Waals surface area contributed by atoms with Crippen molar-refractivity contribution in [1.29, 1.82) is 0 Å². The van der Waals surface area contributed by atoms with Gasteiger partial charge in [0.1, 0.15) is 0 Å². The molecule has 21 heavy (non-hydrogen) atoms. The van der Waals surface area contributed by atoms with Gasteiger partial charge in [0.2, 0.25) is 0 Å². The number of ether oxygens (including phenoxy) is 1. The van der Waals surface area contributed by atoms with Crippen LogP contribution < -0.4 is 0 Å². The fraction of sp³-hybridized carbons (Fsp3) is 0.667. The molecule has 0 radical (unpaired) electrons. The standard InChI is InChI=1S/C18H29NO2/c1-16-15-19(13-10-18(16,20)11-14-21-2)12-6-9-17-7-4-3-5-8-17/h3-5,7-8,16,20H,6,9-15H2,1-2H3/t16-,18-/m1/s1. The Balaban J connectivity index is 1.72. The van der Waals surface area contributed by atoms with Gasteiger partial charge < -0.3 is 14.7 Å². The molecule has 1 saturated heterocycles. The number of nitrogens with zero attached hydrogens (tertiary/aromatic N) is 1. The van der Waals surface area contributed by atoms with Crippen molar-refractivity contribution in [1.82, 2.24) is 4.90 Å². The maximum absolute atomic E-state index is 10.7. The van der Waals surface area contributed by atoms with E-state index in [1.54, 1.807) is 7.11 Å². The number of aliphatic hydroxyl groups is 1. The van der Waals surface area contributed by atoms with E-state index in [0.717, 1.165) is 38.9 Å². The van der Waals surface area contributed by atoms with Crippen molar-refractivity contribution in [3.8, 4) is 0 Å². The average molecular weight is 291 g/mol. The molecule has 0 unspecified atom stereocenters. The number of rotatable bonds is 7. The lowest BCUT2D eigenvalue weighted by Gasteiger charge is -2.43. The van der Waals surface area contributed by atoms with Crippen molar-refractivity contribution in [3.05, 3.63) is 35.9 Å². The second-order valence-corrected chi connectivity index (χ2v) is 6.39. The molecule has 3 nitrogen and oxygen atoms in total. The number of hydrogen-bond donors (Lipinski definition) is 1. The first-order valence-electron chi connectivity index (χ1n) is 8.11. The van der Waals surface area contributed by atoms with E-state index in [1.807, 2.05) is 0 Å². The Morgan fingerprint density at radius 1 is 1.33 bits per heavy atom. The molecule has 1 heterocycles. The van der Waals surface area contributed by atoms with E-state index in [0.29, 0.717) is 12.5 Å². The van der Waals surface area contributed by atoms with E-state index < -0.39 is 5.60 Å². The molecular formula is C18H29NO2. The summed E-state index contributed by atoms with van der Waals surface area (Å²) in [7, 11) is 1.70. The highest BCUT2D eigenvalue weighted by Crippen LogP contribution is 2.31. The Morgan fingerprint density at radius 2 is 2.10 bits per heavy atom. The quantitative estimate of drug-likeness (QED) is 0.838. The van der Waals surface area contributed by atoms with Crippen LogP contribution in [0.5, 0.6) is 0 Å². The number of hydrogen-bond acceptors (Lipinski definition) is 3. The molecule has 0 aliphatic carbocycles. The van der Waals surface area contributed by atoms with Crippen LogP contribution in [0.15, 0.2) is 30.3 Å². The van der Waals surface area contributed by atoms with E-state index in [-0.39, 0.29) is 0 Å². The molecule has 3 heteroatoms. The lowest BCUT2D eigenvalue weighted by atomic mass is 9.80. The third-order valence-electron chi connectivity index (χ3n) is 4.83. The predicted molar refractivity (Wildman–Crippen MR) is 86.4 cm³/mol. The predicted octanol–water partition coefficient (Wildman–Crippen LogP) is 2.73. The van der Waals surface area contributed by atoms with Crippen LogP contribution in [-0.4, -0.2) is 49.0 Å². The lowest BCUT2D eigenvalue weighted by molar-refractivity contribution is -0.0812. The fourth-order valence-corrected chi connectivity index (χ4v) is 3.25. The van der Waals surface area contributed by atoms with Crippen LogP contribution in [0, 0.1) is 5.92 Å². The molecule has 0 spiro atoms. The van der Waals surface area contributed by atoms with Gasteiger partial charge in [-0.1, -0.05) is 37.3 Å². The van der Waals surface area contributed by atoms with Gasteiger partial charge in [0.05, 0.1) is 5.60 Å². The zero-order valence-electron chi connectivity index (χ0n) is 13.4. The fourth-order valence-electron chi connectivity index (χ4n) is 3.25. The Labute approximate surface area is 128 Å². The van der Waals surface area contributed by atoms with Gasteiger partial charge in [-0.05, 0) is 43.7 Å². The summed E-state index contributed by atoms with van der Waals surface area (Å²) in [6.07, 6.45) is 3.94. The maximum atomic E-state index is 10.7. The molecule has 1 aromatic carbocycles. The molecule has 0 saturated carbocycles. The van der Waals surface area contributed by atoms with E-state index in [1.165, 1.54) is 12.0 Å². The molecule has 0 aromatic heterocycles. The van der Waals surface area contributed by atoms with Crippen LogP contribution in [-0.2, 0) is 11.2 Å². The van der Waals surface area contributed by atoms with Crippen LogP contribution in [0.1, 0.15) is 31.7 Å². The zero-order chi connectivity index (χ0) is 15.1. The first-order valence-corrected chi connectivity index (χ1v) is 8.11. The SMILES string of the molecule is COCC[C@]1(O)CCN(CCCc2ccccc2)C[C@H]1C. The summed E-state index contributed by atoms with van der Waals surface area (Å²) in [5.41, 5.74) is 0.880. The monoisotopic (exact) mass is 291 g/mol. The van der Waals surface area contributed by atoms with Crippen LogP contribution in [0.4, 0.5) is 0 Å². The molecular weight excluding hydrogens is 262 g/mol. The van der Waals surface area contributed by atoms with Crippen molar-refractivity contribution < 1.29 is 9.84 Å². The number of benzene rings is 1. The topological polar surface area (TPSA) is 32.7 Å². The van der Waals surface area contributed by atoms with Gasteiger partial charge in [0.15, 0.2) is 0 Å². The Hall–Kier alpha value is -0.900. The van der Waals surface area contributed by atoms with Crippen LogP contribution >= 0.6 is 0 Å². The number of aryl methyl sites for hydroxylation is 1. The van der Waals surface area contributed by atoms with Gasteiger partial charge in [0.25, 0.3) is 0 Å². The maximum Gasteiger partial charge on any atom is 0.0719 e. The summed E-state index contributed by atoms with van der Waals surface area (Å²) in [6.45, 7) is 5.93. The number of methoxy groups -OCH3 is 1. The minimum atomic E-state index is -0.536. The second kappa shape index (κ2) is 7.92.